The Morgan fingerprint density at radius 3 is 1.54 bits per heavy atom. The fourth-order valence-corrected chi connectivity index (χ4v) is 5.53. The second kappa shape index (κ2) is 5.81. The predicted molar refractivity (Wildman–Crippen MR) is 83.3 cm³/mol. The van der Waals surface area contributed by atoms with Crippen molar-refractivity contribution >= 4 is 61.6 Å². The van der Waals surface area contributed by atoms with Gasteiger partial charge in [-0.1, -0.05) is 18.2 Å². The molecule has 0 unspecified atom stereocenters. The van der Waals surface area contributed by atoms with E-state index < -0.39 is 59.9 Å². The fraction of sp³-hybridized carbons (Fsp3) is 0. The molecule has 0 aliphatic carbocycles. The summed E-state index contributed by atoms with van der Waals surface area (Å²) in [6.07, 6.45) is 0. The van der Waals surface area contributed by atoms with Gasteiger partial charge in [0.15, 0.2) is 4.90 Å². The van der Waals surface area contributed by atoms with Gasteiger partial charge in [0.1, 0.15) is 4.90 Å². The molecule has 0 radical (unpaired) electrons. The van der Waals surface area contributed by atoms with Crippen LogP contribution in [0.4, 0.5) is 11.4 Å². The highest BCUT2D eigenvalue weighted by molar-refractivity contribution is 8.16. The molecule has 2 aromatic carbocycles. The molecule has 2 aromatic rings. The van der Waals surface area contributed by atoms with Crippen LogP contribution in [0.15, 0.2) is 34.1 Å². The fourth-order valence-electron chi connectivity index (χ4n) is 2.18. The number of nitrogens with zero attached hydrogens (tertiary/aromatic N) is 2. The van der Waals surface area contributed by atoms with Gasteiger partial charge < -0.3 is 0 Å². The maximum absolute atomic E-state index is 11.8. The number of fused-ring (bicyclic) bond motifs is 1. The lowest BCUT2D eigenvalue weighted by atomic mass is 10.1. The van der Waals surface area contributed by atoms with Crippen LogP contribution in [-0.2, 0) is 18.1 Å². The first kappa shape index (κ1) is 18.3. The Hall–Kier alpha value is -2.02. The van der Waals surface area contributed by atoms with Gasteiger partial charge >= 0.3 is 11.4 Å². The Morgan fingerprint density at radius 2 is 1.17 bits per heavy atom. The molecule has 0 fully saturated rings. The lowest BCUT2D eigenvalue weighted by Crippen LogP contribution is -2.10. The van der Waals surface area contributed by atoms with Gasteiger partial charge in [-0.25, -0.2) is 16.8 Å². The van der Waals surface area contributed by atoms with Crippen LogP contribution in [0.1, 0.15) is 0 Å². The molecule has 0 atom stereocenters. The molecule has 0 aromatic heterocycles. The number of rotatable bonds is 4. The summed E-state index contributed by atoms with van der Waals surface area (Å²) >= 11 is 0. The maximum Gasteiger partial charge on any atom is 0.367 e. The highest BCUT2D eigenvalue weighted by Crippen LogP contribution is 2.47. The molecule has 0 amide bonds. The van der Waals surface area contributed by atoms with E-state index in [4.69, 9.17) is 21.4 Å². The molecule has 0 spiro atoms. The van der Waals surface area contributed by atoms with Gasteiger partial charge in [-0.2, -0.15) is 0 Å². The highest BCUT2D eigenvalue weighted by atomic mass is 35.7. The summed E-state index contributed by atoms with van der Waals surface area (Å²) in [5, 5.41) is 21.6. The van der Waals surface area contributed by atoms with E-state index in [0.29, 0.717) is 0 Å². The Balaban J connectivity index is 3.43. The zero-order valence-corrected chi connectivity index (χ0v) is 14.2. The third-order valence-corrected chi connectivity index (χ3v) is 5.78. The normalized spacial score (nSPS) is 12.2. The quantitative estimate of drug-likeness (QED) is 0.419. The zero-order chi connectivity index (χ0) is 18.4. The van der Waals surface area contributed by atoms with Crippen LogP contribution >= 0.6 is 21.4 Å². The molecule has 24 heavy (non-hydrogen) atoms. The summed E-state index contributed by atoms with van der Waals surface area (Å²) in [4.78, 5) is 17.2. The first-order valence-corrected chi connectivity index (χ1v) is 10.3. The number of benzene rings is 2. The number of nitro groups is 2. The van der Waals surface area contributed by atoms with Crippen molar-refractivity contribution in [1.82, 2.24) is 0 Å². The zero-order valence-electron chi connectivity index (χ0n) is 11.0. The largest absolute Gasteiger partial charge is 0.367 e. The van der Waals surface area contributed by atoms with Crippen molar-refractivity contribution in [2.75, 3.05) is 0 Å². The molecule has 0 N–H and O–H groups in total. The number of halogens is 2. The van der Waals surface area contributed by atoms with Crippen LogP contribution < -0.4 is 0 Å². The van der Waals surface area contributed by atoms with Crippen molar-refractivity contribution < 1.29 is 26.7 Å². The molecule has 0 saturated carbocycles. The molecular weight excluding hydrogens is 411 g/mol. The molecule has 10 nitrogen and oxygen atoms in total. The van der Waals surface area contributed by atoms with Gasteiger partial charge in [0, 0.05) is 26.8 Å². The summed E-state index contributed by atoms with van der Waals surface area (Å²) in [6, 6.07) is 4.54. The van der Waals surface area contributed by atoms with Crippen molar-refractivity contribution in [2.45, 2.75) is 9.79 Å². The molecule has 0 saturated heterocycles. The Morgan fingerprint density at radius 1 is 0.750 bits per heavy atom. The maximum atomic E-state index is 11.8. The molecule has 0 aliphatic rings. The number of hydrogen-bond donors (Lipinski definition) is 0. The van der Waals surface area contributed by atoms with E-state index in [9.17, 15) is 37.1 Å². The van der Waals surface area contributed by atoms with Crippen LogP contribution in [0, 0.1) is 20.2 Å². The molecule has 128 valence electrons. The average molecular weight is 415 g/mol. The van der Waals surface area contributed by atoms with E-state index in [2.05, 4.69) is 0 Å². The van der Waals surface area contributed by atoms with E-state index in [-0.39, 0.29) is 0 Å². The summed E-state index contributed by atoms with van der Waals surface area (Å²) in [5.41, 5.74) is -2.79. The van der Waals surface area contributed by atoms with Gasteiger partial charge in [0.2, 0.25) is 0 Å². The van der Waals surface area contributed by atoms with E-state index in [1.165, 1.54) is 12.1 Å². The van der Waals surface area contributed by atoms with Gasteiger partial charge in [0.05, 0.1) is 15.2 Å². The second-order valence-corrected chi connectivity index (χ2v) is 9.30. The van der Waals surface area contributed by atoms with Gasteiger partial charge in [-0.15, -0.1) is 0 Å². The molecule has 0 aliphatic heterocycles. The van der Waals surface area contributed by atoms with E-state index in [1.807, 2.05) is 0 Å². The van der Waals surface area contributed by atoms with Crippen LogP contribution in [0.25, 0.3) is 10.8 Å². The van der Waals surface area contributed by atoms with Crippen LogP contribution in [-0.4, -0.2) is 26.7 Å². The molecule has 2 rings (SSSR count). The minimum Gasteiger partial charge on any atom is -0.258 e. The van der Waals surface area contributed by atoms with Gasteiger partial charge in [-0.3, -0.25) is 20.2 Å². The lowest BCUT2D eigenvalue weighted by molar-refractivity contribution is -0.423. The summed E-state index contributed by atoms with van der Waals surface area (Å²) in [5.74, 6) is 0. The van der Waals surface area contributed by atoms with Crippen LogP contribution in [0.3, 0.4) is 0 Å². The predicted octanol–water partition coefficient (Wildman–Crippen LogP) is 2.51. The van der Waals surface area contributed by atoms with Crippen LogP contribution in [0.2, 0.25) is 0 Å². The first-order chi connectivity index (χ1) is 10.9. The number of nitro benzene ring substituents is 2. The molecule has 0 heterocycles. The summed E-state index contributed by atoms with van der Waals surface area (Å²) < 4.78 is 47.2. The topological polar surface area (TPSA) is 155 Å². The molecular formula is C10H4Cl2N2O8S2. The van der Waals surface area contributed by atoms with E-state index in [0.717, 1.165) is 12.1 Å². The average Bonchev–Trinajstić information content (AvgIpc) is 2.41. The third kappa shape index (κ3) is 3.00. The summed E-state index contributed by atoms with van der Waals surface area (Å²) in [7, 11) is 0.395. The lowest BCUT2D eigenvalue weighted by Gasteiger charge is -2.10. The highest BCUT2D eigenvalue weighted by Gasteiger charge is 2.43. The van der Waals surface area contributed by atoms with E-state index >= 15 is 0 Å². The minimum atomic E-state index is -5.08. The van der Waals surface area contributed by atoms with Crippen LogP contribution in [0.5, 0.6) is 0 Å². The minimum absolute atomic E-state index is 0.475. The van der Waals surface area contributed by atoms with Crippen molar-refractivity contribution in [3.8, 4) is 0 Å². The Bertz CT molecular complexity index is 1110. The molecule has 14 heteroatoms. The number of hydrogen-bond acceptors (Lipinski definition) is 8. The molecule has 0 bridgehead atoms. The SMILES string of the molecule is O=[N+]([O-])c1c(S(=O)(=O)Cl)c(S(=O)(=O)Cl)c2ccccc2c1[N+](=O)[O-]. The van der Waals surface area contributed by atoms with Crippen molar-refractivity contribution in [1.29, 1.82) is 0 Å². The Kier molecular flexibility index (Phi) is 4.43. The second-order valence-electron chi connectivity index (χ2n) is 4.29. The van der Waals surface area contributed by atoms with Crippen molar-refractivity contribution in [3.63, 3.8) is 0 Å². The van der Waals surface area contributed by atoms with Gasteiger partial charge in [-0.05, 0) is 6.07 Å². The van der Waals surface area contributed by atoms with Gasteiger partial charge in [0.25, 0.3) is 18.1 Å². The van der Waals surface area contributed by atoms with Crippen molar-refractivity contribution in [3.05, 3.63) is 44.5 Å². The standard InChI is InChI=1S/C10H4Cl2N2O8S2/c11-23(19,20)9-6-4-2-1-3-5(6)7(13(15)16)8(14(17)18)10(9)24(12,21)22/h1-4H. The third-order valence-electron chi connectivity index (χ3n) is 2.93. The summed E-state index contributed by atoms with van der Waals surface area (Å²) in [6.45, 7) is 0. The van der Waals surface area contributed by atoms with Crippen molar-refractivity contribution in [2.24, 2.45) is 0 Å². The smallest absolute Gasteiger partial charge is 0.258 e. The van der Waals surface area contributed by atoms with E-state index in [1.54, 1.807) is 0 Å². The first-order valence-electron chi connectivity index (χ1n) is 5.64. The monoisotopic (exact) mass is 414 g/mol. The Labute approximate surface area is 142 Å².